The van der Waals surface area contributed by atoms with Crippen molar-refractivity contribution < 1.29 is 14.3 Å². The van der Waals surface area contributed by atoms with E-state index in [0.29, 0.717) is 25.5 Å². The van der Waals surface area contributed by atoms with Crippen LogP contribution in [0.1, 0.15) is 24.6 Å². The number of rotatable bonds is 4. The fourth-order valence-electron chi connectivity index (χ4n) is 2.31. The van der Waals surface area contributed by atoms with Gasteiger partial charge < -0.3 is 25.3 Å². The molecule has 110 valence electrons. The molecule has 0 unspecified atom stereocenters. The Morgan fingerprint density at radius 3 is 2.90 bits per heavy atom. The normalized spacial score (nSPS) is 17.7. The number of amides is 3. The number of primary amides is 1. The molecule has 20 heavy (non-hydrogen) atoms. The first-order valence-corrected chi connectivity index (χ1v) is 6.25. The average Bonchev–Trinajstić information content (AvgIpc) is 2.80. The molecule has 9 nitrogen and oxygen atoms in total. The highest BCUT2D eigenvalue weighted by molar-refractivity contribution is 5.83. The van der Waals surface area contributed by atoms with Crippen LogP contribution in [0, 0.1) is 0 Å². The average molecular weight is 282 g/mol. The molecule has 1 aliphatic rings. The van der Waals surface area contributed by atoms with Crippen molar-refractivity contribution in [2.24, 2.45) is 5.73 Å². The Labute approximate surface area is 116 Å². The van der Waals surface area contributed by atoms with Crippen molar-refractivity contribution >= 4 is 11.9 Å². The number of hydrogen-bond acceptors (Lipinski definition) is 5. The monoisotopic (exact) mass is 282 g/mol. The van der Waals surface area contributed by atoms with Gasteiger partial charge in [0.1, 0.15) is 6.61 Å². The van der Waals surface area contributed by atoms with Crippen molar-refractivity contribution in [2.75, 3.05) is 20.2 Å². The second kappa shape index (κ2) is 5.87. The van der Waals surface area contributed by atoms with Gasteiger partial charge in [-0.25, -0.2) is 4.79 Å². The number of fused-ring (bicyclic) bond motifs is 1. The first-order valence-electron chi connectivity index (χ1n) is 6.25. The van der Waals surface area contributed by atoms with Gasteiger partial charge in [0, 0.05) is 13.7 Å². The molecule has 3 amide bonds. The van der Waals surface area contributed by atoms with Gasteiger partial charge >= 0.3 is 6.03 Å². The molecule has 0 fully saturated rings. The van der Waals surface area contributed by atoms with Crippen molar-refractivity contribution in [1.82, 2.24) is 25.0 Å². The number of hydrogen-bond donors (Lipinski definition) is 2. The topological polar surface area (TPSA) is 115 Å². The highest BCUT2D eigenvalue weighted by Crippen LogP contribution is 2.21. The van der Waals surface area contributed by atoms with Crippen LogP contribution in [0.15, 0.2) is 0 Å². The summed E-state index contributed by atoms with van der Waals surface area (Å²) in [5, 5.41) is 10.4. The molecule has 1 aromatic rings. The number of nitrogens with one attached hydrogen (secondary N) is 1. The van der Waals surface area contributed by atoms with E-state index in [4.69, 9.17) is 10.5 Å². The van der Waals surface area contributed by atoms with Crippen molar-refractivity contribution in [1.29, 1.82) is 0 Å². The second-order valence-corrected chi connectivity index (χ2v) is 4.68. The summed E-state index contributed by atoms with van der Waals surface area (Å²) in [6.07, 6.45) is 0. The standard InChI is InChI=1S/C11H18N6O3/c1-7-4-16(10(18)3-13-11(12)19)5-8-14-15-9(6-20-2)17(7)8/h7H,3-6H2,1-2H3,(H3,12,13,19)/t7-/m0/s1. The maximum Gasteiger partial charge on any atom is 0.312 e. The van der Waals surface area contributed by atoms with E-state index in [1.807, 2.05) is 11.5 Å². The van der Waals surface area contributed by atoms with Crippen LogP contribution in [0.4, 0.5) is 4.79 Å². The summed E-state index contributed by atoms with van der Waals surface area (Å²) in [6, 6.07) is -0.662. The minimum Gasteiger partial charge on any atom is -0.377 e. The van der Waals surface area contributed by atoms with Crippen LogP contribution in [0.5, 0.6) is 0 Å². The molecule has 2 heterocycles. The number of aromatic nitrogens is 3. The quantitative estimate of drug-likeness (QED) is 0.734. The summed E-state index contributed by atoms with van der Waals surface area (Å²) in [4.78, 5) is 24.2. The molecular weight excluding hydrogens is 264 g/mol. The maximum atomic E-state index is 12.0. The van der Waals surface area contributed by atoms with E-state index < -0.39 is 6.03 Å². The summed E-state index contributed by atoms with van der Waals surface area (Å²) in [7, 11) is 1.60. The third-order valence-electron chi connectivity index (χ3n) is 3.13. The van der Waals surface area contributed by atoms with Gasteiger partial charge in [-0.05, 0) is 6.92 Å². The van der Waals surface area contributed by atoms with E-state index in [-0.39, 0.29) is 18.5 Å². The zero-order valence-corrected chi connectivity index (χ0v) is 11.5. The van der Waals surface area contributed by atoms with E-state index >= 15 is 0 Å². The zero-order chi connectivity index (χ0) is 14.7. The molecule has 1 atom stereocenters. The Balaban J connectivity index is 2.08. The first-order chi connectivity index (χ1) is 9.52. The molecule has 1 aromatic heterocycles. The largest absolute Gasteiger partial charge is 0.377 e. The number of carbonyl (C=O) groups excluding carboxylic acids is 2. The number of ether oxygens (including phenoxy) is 1. The minimum atomic E-state index is -0.714. The lowest BCUT2D eigenvalue weighted by molar-refractivity contribution is -0.132. The summed E-state index contributed by atoms with van der Waals surface area (Å²) < 4.78 is 7.06. The van der Waals surface area contributed by atoms with E-state index in [1.165, 1.54) is 0 Å². The fourth-order valence-corrected chi connectivity index (χ4v) is 2.31. The Morgan fingerprint density at radius 2 is 2.25 bits per heavy atom. The lowest BCUT2D eigenvalue weighted by atomic mass is 10.2. The van der Waals surface area contributed by atoms with Crippen molar-refractivity contribution in [3.63, 3.8) is 0 Å². The molecular formula is C11H18N6O3. The van der Waals surface area contributed by atoms with Gasteiger partial charge in [0.25, 0.3) is 0 Å². The van der Waals surface area contributed by atoms with E-state index in [9.17, 15) is 9.59 Å². The highest BCUT2D eigenvalue weighted by atomic mass is 16.5. The van der Waals surface area contributed by atoms with E-state index in [1.54, 1.807) is 12.0 Å². The number of methoxy groups -OCH3 is 1. The molecule has 3 N–H and O–H groups in total. The molecule has 2 rings (SSSR count). The van der Waals surface area contributed by atoms with Crippen molar-refractivity contribution in [2.45, 2.75) is 26.1 Å². The Morgan fingerprint density at radius 1 is 1.50 bits per heavy atom. The van der Waals surface area contributed by atoms with Crippen molar-refractivity contribution in [3.05, 3.63) is 11.6 Å². The van der Waals surface area contributed by atoms with Crippen LogP contribution in [0.25, 0.3) is 0 Å². The molecule has 9 heteroatoms. The second-order valence-electron chi connectivity index (χ2n) is 4.68. The van der Waals surface area contributed by atoms with Gasteiger partial charge in [-0.1, -0.05) is 0 Å². The Kier molecular flexibility index (Phi) is 4.18. The van der Waals surface area contributed by atoms with Crippen molar-refractivity contribution in [3.8, 4) is 0 Å². The van der Waals surface area contributed by atoms with Gasteiger partial charge in [-0.3, -0.25) is 4.79 Å². The van der Waals surface area contributed by atoms with Crippen LogP contribution >= 0.6 is 0 Å². The number of nitrogens with two attached hydrogens (primary N) is 1. The lowest BCUT2D eigenvalue weighted by Gasteiger charge is -2.32. The van der Waals surface area contributed by atoms with Crippen LogP contribution in [0.3, 0.4) is 0 Å². The van der Waals surface area contributed by atoms with E-state index in [2.05, 4.69) is 15.5 Å². The molecule has 0 spiro atoms. The summed E-state index contributed by atoms with van der Waals surface area (Å²) >= 11 is 0. The predicted molar refractivity (Wildman–Crippen MR) is 68.4 cm³/mol. The summed E-state index contributed by atoms with van der Waals surface area (Å²) in [6.45, 7) is 3.14. The third-order valence-corrected chi connectivity index (χ3v) is 3.13. The summed E-state index contributed by atoms with van der Waals surface area (Å²) in [5.41, 5.74) is 4.95. The molecule has 0 saturated carbocycles. The van der Waals surface area contributed by atoms with E-state index in [0.717, 1.165) is 5.82 Å². The molecule has 0 aliphatic carbocycles. The molecule has 1 aliphatic heterocycles. The van der Waals surface area contributed by atoms with Gasteiger partial charge in [-0.2, -0.15) is 0 Å². The third kappa shape index (κ3) is 2.87. The maximum absolute atomic E-state index is 12.0. The minimum absolute atomic E-state index is 0.0522. The van der Waals surface area contributed by atoms with Gasteiger partial charge in [0.15, 0.2) is 11.6 Å². The molecule has 0 saturated heterocycles. The fraction of sp³-hybridized carbons (Fsp3) is 0.636. The number of carbonyl (C=O) groups is 2. The smallest absolute Gasteiger partial charge is 0.312 e. The highest BCUT2D eigenvalue weighted by Gasteiger charge is 2.28. The molecule has 0 radical (unpaired) electrons. The van der Waals surface area contributed by atoms with Gasteiger partial charge in [0.2, 0.25) is 5.91 Å². The predicted octanol–water partition coefficient (Wildman–Crippen LogP) is -1.00. The van der Waals surface area contributed by atoms with Crippen LogP contribution in [-0.4, -0.2) is 51.8 Å². The lowest BCUT2D eigenvalue weighted by Crippen LogP contribution is -2.46. The molecule has 0 bridgehead atoms. The van der Waals surface area contributed by atoms with Gasteiger partial charge in [-0.15, -0.1) is 10.2 Å². The number of nitrogens with zero attached hydrogens (tertiary/aromatic N) is 4. The SMILES string of the molecule is COCc1nnc2n1[C@@H](C)CN(C(=O)CNC(N)=O)C2. The summed E-state index contributed by atoms with van der Waals surface area (Å²) in [5.74, 6) is 1.26. The van der Waals surface area contributed by atoms with Crippen LogP contribution < -0.4 is 11.1 Å². The zero-order valence-electron chi connectivity index (χ0n) is 11.5. The Bertz CT molecular complexity index is 514. The first kappa shape index (κ1) is 14.3. The number of urea groups is 1. The van der Waals surface area contributed by atoms with Crippen LogP contribution in [-0.2, 0) is 22.7 Å². The van der Waals surface area contributed by atoms with Gasteiger partial charge in [0.05, 0.1) is 19.1 Å². The molecule has 0 aromatic carbocycles. The van der Waals surface area contributed by atoms with Crippen LogP contribution in [0.2, 0.25) is 0 Å². The Hall–Kier alpha value is -2.16.